The molecule has 0 atom stereocenters. The number of carbonyl (C=O) groups excluding carboxylic acids is 1. The minimum atomic E-state index is 0.262. The predicted molar refractivity (Wildman–Crippen MR) is 116 cm³/mol. The normalized spacial score (nSPS) is 14.2. The van der Waals surface area contributed by atoms with Gasteiger partial charge in [0.25, 0.3) is 0 Å². The van der Waals surface area contributed by atoms with Gasteiger partial charge in [0.05, 0.1) is 7.11 Å². The molecule has 0 saturated carbocycles. The first-order valence-electron chi connectivity index (χ1n) is 10.00. The number of methoxy groups -OCH3 is 1. The van der Waals surface area contributed by atoms with E-state index in [-0.39, 0.29) is 5.91 Å². The van der Waals surface area contributed by atoms with Gasteiger partial charge in [-0.25, -0.2) is 0 Å². The molecule has 6 heteroatoms. The van der Waals surface area contributed by atoms with E-state index < -0.39 is 0 Å². The van der Waals surface area contributed by atoms with Crippen LogP contribution in [0.1, 0.15) is 29.5 Å². The molecule has 1 aliphatic heterocycles. The molecule has 154 valence electrons. The van der Waals surface area contributed by atoms with Crippen LogP contribution in [0, 0.1) is 0 Å². The molecule has 0 spiro atoms. The topological polar surface area (TPSA) is 57.2 Å². The molecular formula is C23H30N4O2. The van der Waals surface area contributed by atoms with Crippen LogP contribution in [-0.4, -0.2) is 49.4 Å². The first-order valence-corrected chi connectivity index (χ1v) is 10.00. The fraction of sp³-hybridized carbons (Fsp3) is 0.391. The highest BCUT2D eigenvalue weighted by Gasteiger charge is 2.19. The number of nitrogens with one attached hydrogen (secondary N) is 1. The summed E-state index contributed by atoms with van der Waals surface area (Å²) >= 11 is 0. The summed E-state index contributed by atoms with van der Waals surface area (Å²) in [6.07, 6.45) is 1.66. The van der Waals surface area contributed by atoms with E-state index in [1.165, 1.54) is 11.1 Å². The highest BCUT2D eigenvalue weighted by molar-refractivity contribution is 5.79. The summed E-state index contributed by atoms with van der Waals surface area (Å²) in [7, 11) is 5.49. The number of benzene rings is 2. The number of rotatable bonds is 7. The molecular weight excluding hydrogens is 364 g/mol. The number of para-hydroxylation sites is 1. The van der Waals surface area contributed by atoms with Crippen LogP contribution in [0.2, 0.25) is 0 Å². The van der Waals surface area contributed by atoms with Crippen LogP contribution in [0.3, 0.4) is 0 Å². The number of hydrogen-bond donors (Lipinski definition) is 1. The van der Waals surface area contributed by atoms with Gasteiger partial charge in [-0.2, -0.15) is 0 Å². The quantitative estimate of drug-likeness (QED) is 0.579. The summed E-state index contributed by atoms with van der Waals surface area (Å²) in [6, 6.07) is 16.4. The number of aliphatic imine (C=N–C) groups is 1. The maximum Gasteiger partial charge on any atom is 0.222 e. The molecule has 0 aromatic heterocycles. The Morgan fingerprint density at radius 3 is 2.55 bits per heavy atom. The number of hydrogen-bond acceptors (Lipinski definition) is 3. The molecule has 0 bridgehead atoms. The van der Waals surface area contributed by atoms with E-state index in [0.717, 1.165) is 30.2 Å². The molecule has 1 fully saturated rings. The van der Waals surface area contributed by atoms with Crippen LogP contribution in [-0.2, 0) is 24.4 Å². The van der Waals surface area contributed by atoms with E-state index in [2.05, 4.69) is 45.5 Å². The maximum atomic E-state index is 11.8. The van der Waals surface area contributed by atoms with Gasteiger partial charge in [-0.05, 0) is 23.6 Å². The number of carbonyl (C=O) groups is 1. The van der Waals surface area contributed by atoms with Gasteiger partial charge in [0.1, 0.15) is 5.75 Å². The predicted octanol–water partition coefficient (Wildman–Crippen LogP) is 3.03. The Morgan fingerprint density at radius 1 is 1.17 bits per heavy atom. The zero-order valence-corrected chi connectivity index (χ0v) is 17.5. The third-order valence-corrected chi connectivity index (χ3v) is 5.19. The van der Waals surface area contributed by atoms with Crippen molar-refractivity contribution in [2.45, 2.75) is 32.5 Å². The van der Waals surface area contributed by atoms with E-state index in [0.29, 0.717) is 26.1 Å². The molecule has 0 aliphatic carbocycles. The minimum absolute atomic E-state index is 0.262. The van der Waals surface area contributed by atoms with Crippen molar-refractivity contribution in [3.8, 4) is 5.75 Å². The van der Waals surface area contributed by atoms with Gasteiger partial charge in [-0.15, -0.1) is 0 Å². The smallest absolute Gasteiger partial charge is 0.222 e. The zero-order chi connectivity index (χ0) is 20.6. The molecule has 1 heterocycles. The van der Waals surface area contributed by atoms with Gasteiger partial charge in [0.15, 0.2) is 5.96 Å². The number of guanidine groups is 1. The van der Waals surface area contributed by atoms with Gasteiger partial charge in [-0.1, -0.05) is 42.5 Å². The number of ether oxygens (including phenoxy) is 1. The number of nitrogens with zero attached hydrogens (tertiary/aromatic N) is 3. The summed E-state index contributed by atoms with van der Waals surface area (Å²) in [4.78, 5) is 20.2. The Hall–Kier alpha value is -3.02. The van der Waals surface area contributed by atoms with Crippen molar-refractivity contribution >= 4 is 11.9 Å². The molecule has 29 heavy (non-hydrogen) atoms. The standard InChI is InChI=1S/C23H30N4O2/c1-24-23(26(2)17-20-7-4-5-8-21(20)29-3)25-15-18-10-12-19(13-11-18)16-27-14-6-9-22(27)28/h4-5,7-8,10-13H,6,9,14-17H2,1-3H3,(H,24,25). The van der Waals surface area contributed by atoms with E-state index >= 15 is 0 Å². The average molecular weight is 395 g/mol. The molecule has 1 aliphatic rings. The molecule has 6 nitrogen and oxygen atoms in total. The van der Waals surface area contributed by atoms with Crippen LogP contribution in [0.15, 0.2) is 53.5 Å². The Bertz CT molecular complexity index is 848. The largest absolute Gasteiger partial charge is 0.496 e. The van der Waals surface area contributed by atoms with E-state index in [9.17, 15) is 4.79 Å². The lowest BCUT2D eigenvalue weighted by atomic mass is 10.1. The van der Waals surface area contributed by atoms with Crippen molar-refractivity contribution in [2.24, 2.45) is 4.99 Å². The SMILES string of the molecule is CN=C(NCc1ccc(CN2CCCC2=O)cc1)N(C)Cc1ccccc1OC. The van der Waals surface area contributed by atoms with Crippen molar-refractivity contribution in [2.75, 3.05) is 27.7 Å². The lowest BCUT2D eigenvalue weighted by molar-refractivity contribution is -0.128. The highest BCUT2D eigenvalue weighted by atomic mass is 16.5. The number of amides is 1. The fourth-order valence-electron chi connectivity index (χ4n) is 3.58. The Kier molecular flexibility index (Phi) is 7.11. The highest BCUT2D eigenvalue weighted by Crippen LogP contribution is 2.19. The van der Waals surface area contributed by atoms with E-state index in [1.54, 1.807) is 14.2 Å². The summed E-state index contributed by atoms with van der Waals surface area (Å²) in [5.41, 5.74) is 3.45. The van der Waals surface area contributed by atoms with Crippen LogP contribution in [0.25, 0.3) is 0 Å². The van der Waals surface area contributed by atoms with Crippen molar-refractivity contribution in [3.05, 3.63) is 65.2 Å². The summed E-state index contributed by atoms with van der Waals surface area (Å²) in [5.74, 6) is 1.96. The van der Waals surface area contributed by atoms with Crippen molar-refractivity contribution in [1.29, 1.82) is 0 Å². The second-order valence-electron chi connectivity index (χ2n) is 7.30. The summed E-state index contributed by atoms with van der Waals surface area (Å²) in [5, 5.41) is 3.41. The molecule has 1 amide bonds. The van der Waals surface area contributed by atoms with E-state index in [1.807, 2.05) is 30.1 Å². The van der Waals surface area contributed by atoms with Crippen molar-refractivity contribution in [1.82, 2.24) is 15.1 Å². The van der Waals surface area contributed by atoms with Gasteiger partial charge < -0.3 is 19.9 Å². The Balaban J connectivity index is 1.54. The van der Waals surface area contributed by atoms with Gasteiger partial charge >= 0.3 is 0 Å². The van der Waals surface area contributed by atoms with Crippen LogP contribution < -0.4 is 10.1 Å². The average Bonchev–Trinajstić information content (AvgIpc) is 3.14. The summed E-state index contributed by atoms with van der Waals surface area (Å²) < 4.78 is 5.44. The molecule has 0 radical (unpaired) electrons. The minimum Gasteiger partial charge on any atom is -0.496 e. The number of likely N-dealkylation sites (tertiary alicyclic amines) is 1. The zero-order valence-electron chi connectivity index (χ0n) is 17.5. The van der Waals surface area contributed by atoms with E-state index in [4.69, 9.17) is 4.74 Å². The maximum absolute atomic E-state index is 11.8. The first kappa shape index (κ1) is 20.7. The second kappa shape index (κ2) is 9.96. The molecule has 1 saturated heterocycles. The van der Waals surface area contributed by atoms with Gasteiger partial charge in [0.2, 0.25) is 5.91 Å². The lowest BCUT2D eigenvalue weighted by Gasteiger charge is -2.23. The molecule has 2 aromatic rings. The van der Waals surface area contributed by atoms with Crippen LogP contribution in [0.4, 0.5) is 0 Å². The fourth-order valence-corrected chi connectivity index (χ4v) is 3.58. The lowest BCUT2D eigenvalue weighted by Crippen LogP contribution is -2.38. The third kappa shape index (κ3) is 5.50. The molecule has 3 rings (SSSR count). The van der Waals surface area contributed by atoms with Gasteiger partial charge in [-0.3, -0.25) is 9.79 Å². The monoisotopic (exact) mass is 394 g/mol. The Morgan fingerprint density at radius 2 is 1.90 bits per heavy atom. The van der Waals surface area contributed by atoms with Crippen LogP contribution >= 0.6 is 0 Å². The first-order chi connectivity index (χ1) is 14.1. The van der Waals surface area contributed by atoms with Crippen molar-refractivity contribution < 1.29 is 9.53 Å². The molecule has 0 unspecified atom stereocenters. The van der Waals surface area contributed by atoms with Gasteiger partial charge in [0, 0.05) is 52.3 Å². The Labute approximate surface area is 173 Å². The third-order valence-electron chi connectivity index (χ3n) is 5.19. The van der Waals surface area contributed by atoms with Crippen molar-refractivity contribution in [3.63, 3.8) is 0 Å². The summed E-state index contributed by atoms with van der Waals surface area (Å²) in [6.45, 7) is 2.96. The molecule has 1 N–H and O–H groups in total. The van der Waals surface area contributed by atoms with Crippen LogP contribution in [0.5, 0.6) is 5.75 Å². The molecule has 2 aromatic carbocycles. The second-order valence-corrected chi connectivity index (χ2v) is 7.30.